The van der Waals surface area contributed by atoms with E-state index in [4.69, 9.17) is 21.3 Å². The number of hydrogen-bond acceptors (Lipinski definition) is 6. The summed E-state index contributed by atoms with van der Waals surface area (Å²) in [5.74, 6) is 0.505. The lowest BCUT2D eigenvalue weighted by molar-refractivity contribution is -0.129. The summed E-state index contributed by atoms with van der Waals surface area (Å²) in [6, 6.07) is 8.26. The van der Waals surface area contributed by atoms with Gasteiger partial charge in [0.05, 0.1) is 16.9 Å². The quantitative estimate of drug-likeness (QED) is 0.332. The fourth-order valence-corrected chi connectivity index (χ4v) is 5.46. The third-order valence-corrected chi connectivity index (χ3v) is 7.45. The van der Waals surface area contributed by atoms with Crippen molar-refractivity contribution in [3.8, 4) is 11.3 Å². The first kappa shape index (κ1) is 26.3. The van der Waals surface area contributed by atoms with E-state index in [2.05, 4.69) is 25.9 Å². The van der Waals surface area contributed by atoms with Crippen LogP contribution < -0.4 is 16.0 Å². The van der Waals surface area contributed by atoms with Crippen LogP contribution in [-0.2, 0) is 9.53 Å². The van der Waals surface area contributed by atoms with Crippen LogP contribution in [0.5, 0.6) is 0 Å². The molecule has 2 aliphatic carbocycles. The molecule has 10 heteroatoms. The van der Waals surface area contributed by atoms with Gasteiger partial charge in [0, 0.05) is 46.7 Å². The molecule has 0 bridgehead atoms. The molecule has 2 heterocycles. The van der Waals surface area contributed by atoms with Crippen molar-refractivity contribution in [1.82, 2.24) is 25.6 Å². The minimum Gasteiger partial charge on any atom is -0.444 e. The number of fused-ring (bicyclic) bond motifs is 1. The number of aromatic amines is 1. The van der Waals surface area contributed by atoms with Gasteiger partial charge in [0.25, 0.3) is 0 Å². The van der Waals surface area contributed by atoms with E-state index in [1.54, 1.807) is 6.20 Å². The molecule has 202 valence electrons. The van der Waals surface area contributed by atoms with Crippen molar-refractivity contribution in [2.45, 2.75) is 83.0 Å². The number of para-hydroxylation sites is 1. The van der Waals surface area contributed by atoms with Crippen LogP contribution >= 0.6 is 11.6 Å². The number of anilines is 1. The number of amides is 2. The standard InChI is InChI=1S/C28H35ClN6O3/c1-28(2,3)38-27(37)34-19-11-16(12-19)25(36)32-17-7-6-8-18(13-17)33-26-31-15-22(29)24(35-26)21-14-30-23-10-5-4-9-20(21)23/h4-5,9-10,14-19,30H,6-8,11-13H2,1-3H3,(H,32,36)(H,34,37)(H,31,33,35)/t16?,17-,18+,19?/m0/s1. The lowest BCUT2D eigenvalue weighted by atomic mass is 9.79. The highest BCUT2D eigenvalue weighted by molar-refractivity contribution is 6.33. The maximum absolute atomic E-state index is 12.8. The predicted molar refractivity (Wildman–Crippen MR) is 148 cm³/mol. The molecule has 2 aliphatic rings. The van der Waals surface area contributed by atoms with E-state index in [9.17, 15) is 9.59 Å². The van der Waals surface area contributed by atoms with Gasteiger partial charge in [0.1, 0.15) is 5.60 Å². The lowest BCUT2D eigenvalue weighted by Gasteiger charge is -2.37. The number of ether oxygens (including phenoxy) is 1. The van der Waals surface area contributed by atoms with Crippen LogP contribution in [0.3, 0.4) is 0 Å². The SMILES string of the molecule is CC(C)(C)OC(=O)NC1CC(C(=O)N[C@H]2CCC[C@@H](Nc3ncc(Cl)c(-c4c[nH]c5ccccc45)n3)C2)C1. The number of carbonyl (C=O) groups excluding carboxylic acids is 2. The Bertz CT molecular complexity index is 1310. The molecule has 2 atom stereocenters. The lowest BCUT2D eigenvalue weighted by Crippen LogP contribution is -2.52. The number of benzene rings is 1. The first-order valence-corrected chi connectivity index (χ1v) is 13.7. The first-order chi connectivity index (χ1) is 18.1. The van der Waals surface area contributed by atoms with Gasteiger partial charge < -0.3 is 25.7 Å². The molecule has 2 saturated carbocycles. The fraction of sp³-hybridized carbons (Fsp3) is 0.500. The Balaban J connectivity index is 1.14. The molecular weight excluding hydrogens is 504 g/mol. The molecule has 4 N–H and O–H groups in total. The van der Waals surface area contributed by atoms with E-state index in [-0.39, 0.29) is 30.0 Å². The average molecular weight is 539 g/mol. The zero-order valence-corrected chi connectivity index (χ0v) is 22.8. The fourth-order valence-electron chi connectivity index (χ4n) is 5.27. The number of carbonyl (C=O) groups is 2. The van der Waals surface area contributed by atoms with Crippen LogP contribution in [-0.4, -0.2) is 50.7 Å². The Morgan fingerprint density at radius 2 is 1.82 bits per heavy atom. The Hall–Kier alpha value is -3.33. The van der Waals surface area contributed by atoms with E-state index in [0.717, 1.165) is 42.1 Å². The molecule has 2 amide bonds. The number of alkyl carbamates (subject to hydrolysis) is 1. The highest BCUT2D eigenvalue weighted by Gasteiger charge is 2.37. The van der Waals surface area contributed by atoms with Crippen molar-refractivity contribution in [1.29, 1.82) is 0 Å². The summed E-state index contributed by atoms with van der Waals surface area (Å²) in [5.41, 5.74) is 2.10. The first-order valence-electron chi connectivity index (χ1n) is 13.3. The second-order valence-corrected chi connectivity index (χ2v) is 11.8. The van der Waals surface area contributed by atoms with E-state index >= 15 is 0 Å². The molecule has 5 rings (SSSR count). The molecule has 2 aromatic heterocycles. The molecule has 3 aromatic rings. The van der Waals surface area contributed by atoms with Gasteiger partial charge >= 0.3 is 6.09 Å². The number of hydrogen-bond donors (Lipinski definition) is 4. The van der Waals surface area contributed by atoms with E-state index < -0.39 is 11.7 Å². The molecular formula is C28H35ClN6O3. The smallest absolute Gasteiger partial charge is 0.407 e. The number of rotatable bonds is 6. The van der Waals surface area contributed by atoms with Gasteiger partial charge in [-0.15, -0.1) is 0 Å². The number of H-pyrrole nitrogens is 1. The zero-order chi connectivity index (χ0) is 26.9. The van der Waals surface area contributed by atoms with Gasteiger partial charge in [-0.3, -0.25) is 4.79 Å². The molecule has 1 aromatic carbocycles. The number of halogens is 1. The van der Waals surface area contributed by atoms with Crippen molar-refractivity contribution in [2.75, 3.05) is 5.32 Å². The maximum atomic E-state index is 12.8. The largest absolute Gasteiger partial charge is 0.444 e. The van der Waals surface area contributed by atoms with E-state index in [1.807, 2.05) is 51.2 Å². The van der Waals surface area contributed by atoms with E-state index in [1.165, 1.54) is 0 Å². The minimum absolute atomic E-state index is 0.0187. The van der Waals surface area contributed by atoms with Gasteiger partial charge in [-0.25, -0.2) is 14.8 Å². The Kier molecular flexibility index (Phi) is 7.47. The highest BCUT2D eigenvalue weighted by Crippen LogP contribution is 2.33. The Morgan fingerprint density at radius 3 is 2.61 bits per heavy atom. The van der Waals surface area contributed by atoms with Gasteiger partial charge in [-0.05, 0) is 65.4 Å². The second-order valence-electron chi connectivity index (χ2n) is 11.4. The number of nitrogens with zero attached hydrogens (tertiary/aromatic N) is 2. The van der Waals surface area contributed by atoms with Crippen molar-refractivity contribution in [3.05, 3.63) is 41.7 Å². The average Bonchev–Trinajstić information content (AvgIpc) is 3.25. The van der Waals surface area contributed by atoms with Gasteiger partial charge in [0.2, 0.25) is 11.9 Å². The van der Waals surface area contributed by atoms with Gasteiger partial charge in [-0.2, -0.15) is 0 Å². The highest BCUT2D eigenvalue weighted by atomic mass is 35.5. The molecule has 38 heavy (non-hydrogen) atoms. The summed E-state index contributed by atoms with van der Waals surface area (Å²) in [6.07, 6.45) is 8.11. The Labute approximate surface area is 227 Å². The minimum atomic E-state index is -0.537. The summed E-state index contributed by atoms with van der Waals surface area (Å²) >= 11 is 6.48. The zero-order valence-electron chi connectivity index (χ0n) is 22.0. The van der Waals surface area contributed by atoms with Crippen LogP contribution in [0.15, 0.2) is 36.7 Å². The summed E-state index contributed by atoms with van der Waals surface area (Å²) in [4.78, 5) is 37.2. The van der Waals surface area contributed by atoms with Crippen LogP contribution in [0.2, 0.25) is 5.02 Å². The normalized spacial score (nSPS) is 23.4. The van der Waals surface area contributed by atoms with Gasteiger partial charge in [-0.1, -0.05) is 29.8 Å². The molecule has 0 radical (unpaired) electrons. The Morgan fingerprint density at radius 1 is 1.05 bits per heavy atom. The summed E-state index contributed by atoms with van der Waals surface area (Å²) in [5, 5.41) is 11.1. The number of nitrogens with one attached hydrogen (secondary N) is 4. The van der Waals surface area contributed by atoms with E-state index in [0.29, 0.717) is 29.5 Å². The van der Waals surface area contributed by atoms with Crippen molar-refractivity contribution < 1.29 is 14.3 Å². The summed E-state index contributed by atoms with van der Waals surface area (Å²) in [6.45, 7) is 5.49. The van der Waals surface area contributed by atoms with Crippen LogP contribution in [0, 0.1) is 5.92 Å². The maximum Gasteiger partial charge on any atom is 0.407 e. The predicted octanol–water partition coefficient (Wildman–Crippen LogP) is 5.42. The molecule has 0 unspecified atom stereocenters. The molecule has 9 nitrogen and oxygen atoms in total. The van der Waals surface area contributed by atoms with Crippen LogP contribution in [0.1, 0.15) is 59.3 Å². The summed E-state index contributed by atoms with van der Waals surface area (Å²) < 4.78 is 5.30. The number of aromatic nitrogens is 3. The topological polar surface area (TPSA) is 121 Å². The second kappa shape index (κ2) is 10.8. The van der Waals surface area contributed by atoms with Crippen molar-refractivity contribution >= 4 is 40.5 Å². The molecule has 0 saturated heterocycles. The monoisotopic (exact) mass is 538 g/mol. The van der Waals surface area contributed by atoms with Crippen LogP contribution in [0.25, 0.3) is 22.2 Å². The van der Waals surface area contributed by atoms with Crippen molar-refractivity contribution in [3.63, 3.8) is 0 Å². The molecule has 2 fully saturated rings. The van der Waals surface area contributed by atoms with Crippen molar-refractivity contribution in [2.24, 2.45) is 5.92 Å². The summed E-state index contributed by atoms with van der Waals surface area (Å²) in [7, 11) is 0. The third kappa shape index (κ3) is 6.20. The van der Waals surface area contributed by atoms with Crippen LogP contribution in [0.4, 0.5) is 10.7 Å². The molecule has 0 spiro atoms. The third-order valence-electron chi connectivity index (χ3n) is 7.17. The van der Waals surface area contributed by atoms with Gasteiger partial charge in [0.15, 0.2) is 0 Å². The molecule has 0 aliphatic heterocycles.